The summed E-state index contributed by atoms with van der Waals surface area (Å²) >= 11 is 6.16. The SMILES string of the molecule is O=C(Nc1ccc(Cl)c(S(=O)(=O)N2CCCC2)c1)C1CC2CCC1C2. The number of sulfonamides is 1. The molecule has 1 aromatic rings. The van der Waals surface area contributed by atoms with E-state index in [1.807, 2.05) is 0 Å². The summed E-state index contributed by atoms with van der Waals surface area (Å²) in [6.07, 6.45) is 6.25. The van der Waals surface area contributed by atoms with Crippen LogP contribution >= 0.6 is 11.6 Å². The fourth-order valence-corrected chi connectivity index (χ4v) is 6.66. The van der Waals surface area contributed by atoms with Crippen LogP contribution < -0.4 is 5.32 Å². The number of benzene rings is 1. The van der Waals surface area contributed by atoms with Gasteiger partial charge in [-0.1, -0.05) is 18.0 Å². The second kappa shape index (κ2) is 6.56. The van der Waals surface area contributed by atoms with Crippen molar-refractivity contribution in [3.05, 3.63) is 23.2 Å². The molecule has 4 rings (SSSR count). The number of nitrogens with zero attached hydrogens (tertiary/aromatic N) is 1. The third kappa shape index (κ3) is 3.20. The summed E-state index contributed by atoms with van der Waals surface area (Å²) < 4.78 is 27.0. The van der Waals surface area contributed by atoms with Crippen molar-refractivity contribution in [2.24, 2.45) is 17.8 Å². The first-order valence-electron chi connectivity index (χ1n) is 9.06. The highest BCUT2D eigenvalue weighted by atomic mass is 35.5. The minimum Gasteiger partial charge on any atom is -0.326 e. The number of hydrogen-bond acceptors (Lipinski definition) is 3. The molecule has 3 atom stereocenters. The topological polar surface area (TPSA) is 66.5 Å². The molecule has 0 spiro atoms. The Labute approximate surface area is 153 Å². The van der Waals surface area contributed by atoms with Crippen molar-refractivity contribution in [3.8, 4) is 0 Å². The van der Waals surface area contributed by atoms with Gasteiger partial charge < -0.3 is 5.32 Å². The van der Waals surface area contributed by atoms with E-state index in [1.165, 1.54) is 16.8 Å². The number of rotatable bonds is 4. The van der Waals surface area contributed by atoms with Gasteiger partial charge in [0.1, 0.15) is 4.90 Å². The molecule has 2 bridgehead atoms. The molecule has 7 heteroatoms. The summed E-state index contributed by atoms with van der Waals surface area (Å²) in [6.45, 7) is 1.06. The zero-order valence-corrected chi connectivity index (χ0v) is 15.7. The van der Waals surface area contributed by atoms with Gasteiger partial charge >= 0.3 is 0 Å². The molecule has 3 unspecified atom stereocenters. The fourth-order valence-electron chi connectivity index (χ4n) is 4.65. The second-order valence-corrected chi connectivity index (χ2v) is 9.84. The van der Waals surface area contributed by atoms with E-state index in [0.29, 0.717) is 30.6 Å². The number of anilines is 1. The average molecular weight is 383 g/mol. The Bertz CT molecular complexity index is 790. The van der Waals surface area contributed by atoms with Gasteiger partial charge in [-0.05, 0) is 62.1 Å². The van der Waals surface area contributed by atoms with Crippen molar-refractivity contribution >= 4 is 33.2 Å². The fraction of sp³-hybridized carbons (Fsp3) is 0.611. The first-order valence-corrected chi connectivity index (χ1v) is 10.9. The number of halogens is 1. The number of nitrogens with one attached hydrogen (secondary N) is 1. The maximum absolute atomic E-state index is 12.8. The van der Waals surface area contributed by atoms with E-state index in [9.17, 15) is 13.2 Å². The van der Waals surface area contributed by atoms with Crippen LogP contribution in [-0.2, 0) is 14.8 Å². The number of carbonyl (C=O) groups excluding carboxylic acids is 1. The summed E-state index contributed by atoms with van der Waals surface area (Å²) in [4.78, 5) is 12.7. The van der Waals surface area contributed by atoms with Gasteiger partial charge in [-0.15, -0.1) is 0 Å². The smallest absolute Gasteiger partial charge is 0.244 e. The largest absolute Gasteiger partial charge is 0.326 e. The molecular formula is C18H23ClN2O3S. The molecule has 1 N–H and O–H groups in total. The first-order chi connectivity index (χ1) is 11.9. The molecule has 2 saturated carbocycles. The van der Waals surface area contributed by atoms with Gasteiger partial charge in [-0.2, -0.15) is 4.31 Å². The van der Waals surface area contributed by atoms with Crippen molar-refractivity contribution in [1.29, 1.82) is 0 Å². The van der Waals surface area contributed by atoms with E-state index < -0.39 is 10.0 Å². The minimum atomic E-state index is -3.60. The Hall–Kier alpha value is -1.11. The number of carbonyl (C=O) groups is 1. The lowest BCUT2D eigenvalue weighted by molar-refractivity contribution is -0.121. The zero-order valence-electron chi connectivity index (χ0n) is 14.1. The maximum Gasteiger partial charge on any atom is 0.244 e. The van der Waals surface area contributed by atoms with Crippen LogP contribution in [0.4, 0.5) is 5.69 Å². The number of amides is 1. The van der Waals surface area contributed by atoms with Crippen molar-refractivity contribution < 1.29 is 13.2 Å². The molecule has 3 fully saturated rings. The van der Waals surface area contributed by atoms with Gasteiger partial charge in [0.15, 0.2) is 0 Å². The lowest BCUT2D eigenvalue weighted by atomic mass is 9.88. The van der Waals surface area contributed by atoms with E-state index in [4.69, 9.17) is 11.6 Å². The normalized spacial score (nSPS) is 29.2. The standard InChI is InChI=1S/C18H23ClN2O3S/c19-16-6-5-14(11-17(16)25(23,24)21-7-1-2-8-21)20-18(22)15-10-12-3-4-13(15)9-12/h5-6,11-13,15H,1-4,7-10H2,(H,20,22). The summed E-state index contributed by atoms with van der Waals surface area (Å²) in [5, 5.41) is 3.12. The van der Waals surface area contributed by atoms with Crippen molar-refractivity contribution in [1.82, 2.24) is 4.31 Å². The third-order valence-electron chi connectivity index (χ3n) is 5.96. The van der Waals surface area contributed by atoms with Crippen molar-refractivity contribution in [2.45, 2.75) is 43.4 Å². The molecule has 1 heterocycles. The number of fused-ring (bicyclic) bond motifs is 2. The van der Waals surface area contributed by atoms with Crippen LogP contribution in [0.3, 0.4) is 0 Å². The predicted octanol–water partition coefficient (Wildman–Crippen LogP) is 3.50. The summed E-state index contributed by atoms with van der Waals surface area (Å²) in [7, 11) is -3.60. The third-order valence-corrected chi connectivity index (χ3v) is 8.34. The lowest BCUT2D eigenvalue weighted by Crippen LogP contribution is -2.29. The van der Waals surface area contributed by atoms with Crippen LogP contribution in [-0.4, -0.2) is 31.7 Å². The van der Waals surface area contributed by atoms with Crippen molar-refractivity contribution in [3.63, 3.8) is 0 Å². The molecule has 25 heavy (non-hydrogen) atoms. The summed E-state index contributed by atoms with van der Waals surface area (Å²) in [5.41, 5.74) is 0.509. The molecular weight excluding hydrogens is 360 g/mol. The Balaban J connectivity index is 1.54. The summed E-state index contributed by atoms with van der Waals surface area (Å²) in [5.74, 6) is 1.26. The van der Waals surface area contributed by atoms with E-state index in [2.05, 4.69) is 5.32 Å². The van der Waals surface area contributed by atoms with Gasteiger partial charge in [0.25, 0.3) is 0 Å². The van der Waals surface area contributed by atoms with E-state index in [0.717, 1.165) is 32.1 Å². The van der Waals surface area contributed by atoms with Gasteiger partial charge in [0.2, 0.25) is 15.9 Å². The second-order valence-electron chi connectivity index (χ2n) is 7.53. The molecule has 1 amide bonds. The Morgan fingerprint density at radius 2 is 1.92 bits per heavy atom. The Kier molecular flexibility index (Phi) is 4.54. The quantitative estimate of drug-likeness (QED) is 0.866. The van der Waals surface area contributed by atoms with Crippen molar-refractivity contribution in [2.75, 3.05) is 18.4 Å². The minimum absolute atomic E-state index is 0.0130. The van der Waals surface area contributed by atoms with E-state index in [-0.39, 0.29) is 21.7 Å². The number of hydrogen-bond donors (Lipinski definition) is 1. The highest BCUT2D eigenvalue weighted by Crippen LogP contribution is 2.48. The summed E-state index contributed by atoms with van der Waals surface area (Å²) in [6, 6.07) is 4.73. The molecule has 5 nitrogen and oxygen atoms in total. The van der Waals surface area contributed by atoms with E-state index in [1.54, 1.807) is 12.1 Å². The molecule has 136 valence electrons. The highest BCUT2D eigenvalue weighted by Gasteiger charge is 2.43. The van der Waals surface area contributed by atoms with Gasteiger partial charge in [-0.25, -0.2) is 8.42 Å². The Morgan fingerprint density at radius 1 is 1.16 bits per heavy atom. The maximum atomic E-state index is 12.8. The molecule has 1 aromatic carbocycles. The average Bonchev–Trinajstić information content (AvgIpc) is 3.34. The molecule has 2 aliphatic carbocycles. The van der Waals surface area contributed by atoms with Gasteiger partial charge in [0.05, 0.1) is 5.02 Å². The lowest BCUT2D eigenvalue weighted by Gasteiger charge is -2.21. The van der Waals surface area contributed by atoms with Crippen LogP contribution in [0.1, 0.15) is 38.5 Å². The van der Waals surface area contributed by atoms with Crippen LogP contribution in [0.2, 0.25) is 5.02 Å². The molecule has 0 radical (unpaired) electrons. The van der Waals surface area contributed by atoms with Crippen LogP contribution in [0.15, 0.2) is 23.1 Å². The molecule has 1 saturated heterocycles. The van der Waals surface area contributed by atoms with Gasteiger partial charge in [0, 0.05) is 24.7 Å². The molecule has 1 aliphatic heterocycles. The zero-order chi connectivity index (χ0) is 17.6. The first kappa shape index (κ1) is 17.3. The molecule has 3 aliphatic rings. The van der Waals surface area contributed by atoms with E-state index >= 15 is 0 Å². The molecule has 0 aromatic heterocycles. The van der Waals surface area contributed by atoms with Gasteiger partial charge in [-0.3, -0.25) is 4.79 Å². The van der Waals surface area contributed by atoms with Crippen LogP contribution in [0, 0.1) is 17.8 Å². The highest BCUT2D eigenvalue weighted by molar-refractivity contribution is 7.89. The Morgan fingerprint density at radius 3 is 2.56 bits per heavy atom. The predicted molar refractivity (Wildman–Crippen MR) is 97.0 cm³/mol. The van der Waals surface area contributed by atoms with Crippen LogP contribution in [0.5, 0.6) is 0 Å². The monoisotopic (exact) mass is 382 g/mol. The van der Waals surface area contributed by atoms with Crippen LogP contribution in [0.25, 0.3) is 0 Å².